The number of fused-ring (bicyclic) bond motifs is 2. The highest BCUT2D eigenvalue weighted by Gasteiger charge is 2.25. The van der Waals surface area contributed by atoms with Gasteiger partial charge in [-0.2, -0.15) is 0 Å². The predicted molar refractivity (Wildman–Crippen MR) is 142 cm³/mol. The van der Waals surface area contributed by atoms with Crippen molar-refractivity contribution in [2.75, 3.05) is 13.1 Å². The van der Waals surface area contributed by atoms with E-state index in [9.17, 15) is 0 Å². The van der Waals surface area contributed by atoms with Crippen molar-refractivity contribution in [2.45, 2.75) is 37.8 Å². The molecule has 0 amide bonds. The van der Waals surface area contributed by atoms with E-state index in [1.165, 1.54) is 33.4 Å². The maximum absolute atomic E-state index is 6.50. The van der Waals surface area contributed by atoms with E-state index >= 15 is 0 Å². The molecule has 2 unspecified atom stereocenters. The zero-order valence-electron chi connectivity index (χ0n) is 20.3. The smallest absolute Gasteiger partial charge is 0.132 e. The standard InChI is InChI=1S/C32H30N2O2/c1-3-22-17-26(5-1)35-27-12-9-23-13-15-33-29(28(23)20-27)18-21-7-10-25(11-8-21)36-31-6-2-4-24-14-16-34-30(19-22)32(24)31/h1-12,17,20,29-30,33-34H,13-16,18-19H2. The molecule has 4 aliphatic rings. The van der Waals surface area contributed by atoms with Gasteiger partial charge in [-0.05, 0) is 109 Å². The molecule has 0 saturated carbocycles. The minimum Gasteiger partial charge on any atom is -0.457 e. The molecule has 4 nitrogen and oxygen atoms in total. The van der Waals surface area contributed by atoms with Gasteiger partial charge in [0.25, 0.3) is 0 Å². The minimum atomic E-state index is 0.189. The molecule has 2 N–H and O–H groups in total. The fraction of sp³-hybridized carbons (Fsp3) is 0.250. The van der Waals surface area contributed by atoms with Gasteiger partial charge in [-0.15, -0.1) is 0 Å². The Balaban J connectivity index is 1.33. The van der Waals surface area contributed by atoms with Gasteiger partial charge in [-0.3, -0.25) is 0 Å². The van der Waals surface area contributed by atoms with Gasteiger partial charge in [-0.25, -0.2) is 0 Å². The van der Waals surface area contributed by atoms with Crippen LogP contribution < -0.4 is 20.1 Å². The highest BCUT2D eigenvalue weighted by molar-refractivity contribution is 5.48. The first-order valence-electron chi connectivity index (χ1n) is 13.0. The van der Waals surface area contributed by atoms with Gasteiger partial charge >= 0.3 is 0 Å². The van der Waals surface area contributed by atoms with Crippen LogP contribution >= 0.6 is 0 Å². The molecule has 4 heteroatoms. The minimum absolute atomic E-state index is 0.189. The van der Waals surface area contributed by atoms with Gasteiger partial charge in [0.05, 0.1) is 0 Å². The molecule has 0 radical (unpaired) electrons. The molecule has 0 aliphatic carbocycles. The van der Waals surface area contributed by atoms with Gasteiger partial charge in [0.15, 0.2) is 0 Å². The lowest BCUT2D eigenvalue weighted by atomic mass is 9.89. The average Bonchev–Trinajstić information content (AvgIpc) is 2.90. The number of rotatable bonds is 0. The Morgan fingerprint density at radius 2 is 1.33 bits per heavy atom. The van der Waals surface area contributed by atoms with Gasteiger partial charge in [-0.1, -0.05) is 42.5 Å². The molecule has 0 saturated heterocycles. The third-order valence-electron chi connectivity index (χ3n) is 7.73. The van der Waals surface area contributed by atoms with Crippen LogP contribution in [0.3, 0.4) is 0 Å². The molecular weight excluding hydrogens is 444 g/mol. The van der Waals surface area contributed by atoms with E-state index in [4.69, 9.17) is 9.47 Å². The van der Waals surface area contributed by atoms with Crippen LogP contribution in [0.25, 0.3) is 0 Å². The number of ether oxygens (including phenoxy) is 2. The summed E-state index contributed by atoms with van der Waals surface area (Å²) in [4.78, 5) is 0. The van der Waals surface area contributed by atoms with E-state index in [2.05, 4.69) is 95.6 Å². The number of hydrogen-bond acceptors (Lipinski definition) is 4. The molecule has 6 bridgehead atoms. The SMILES string of the molecule is c1cc2cc(c1)Oc1ccc3c(c1)C(Cc1ccc(cc1)Oc1cccc4c1C(C2)NCC4)NCC3. The quantitative estimate of drug-likeness (QED) is 0.308. The van der Waals surface area contributed by atoms with Crippen LogP contribution in [0, 0.1) is 0 Å². The molecule has 4 heterocycles. The second-order valence-electron chi connectivity index (χ2n) is 10.1. The predicted octanol–water partition coefficient (Wildman–Crippen LogP) is 6.44. The summed E-state index contributed by atoms with van der Waals surface area (Å²) in [5.41, 5.74) is 7.92. The van der Waals surface area contributed by atoms with E-state index in [1.807, 2.05) is 0 Å². The van der Waals surface area contributed by atoms with Crippen molar-refractivity contribution in [2.24, 2.45) is 0 Å². The van der Waals surface area contributed by atoms with E-state index in [1.54, 1.807) is 0 Å². The van der Waals surface area contributed by atoms with Crippen LogP contribution in [0.5, 0.6) is 23.0 Å². The van der Waals surface area contributed by atoms with E-state index in [0.29, 0.717) is 0 Å². The Bertz CT molecular complexity index is 1410. The first-order chi connectivity index (χ1) is 17.8. The lowest BCUT2D eigenvalue weighted by molar-refractivity contribution is 0.437. The molecule has 0 fully saturated rings. The summed E-state index contributed by atoms with van der Waals surface area (Å²) in [6.07, 6.45) is 3.86. The van der Waals surface area contributed by atoms with E-state index in [-0.39, 0.29) is 12.1 Å². The number of hydrogen-bond donors (Lipinski definition) is 2. The van der Waals surface area contributed by atoms with Crippen molar-refractivity contribution in [1.82, 2.24) is 10.6 Å². The lowest BCUT2D eigenvalue weighted by Crippen LogP contribution is -2.31. The topological polar surface area (TPSA) is 42.5 Å². The fourth-order valence-electron chi connectivity index (χ4n) is 5.98. The van der Waals surface area contributed by atoms with Crippen molar-refractivity contribution in [3.8, 4) is 23.0 Å². The molecule has 180 valence electrons. The zero-order valence-corrected chi connectivity index (χ0v) is 20.3. The van der Waals surface area contributed by atoms with Crippen molar-refractivity contribution >= 4 is 0 Å². The summed E-state index contributed by atoms with van der Waals surface area (Å²) in [5.74, 6) is 3.60. The summed E-state index contributed by atoms with van der Waals surface area (Å²) < 4.78 is 12.9. The number of benzene rings is 4. The summed E-state index contributed by atoms with van der Waals surface area (Å²) in [6.45, 7) is 1.96. The fourth-order valence-corrected chi connectivity index (χ4v) is 5.98. The zero-order chi connectivity index (χ0) is 23.9. The summed E-state index contributed by atoms with van der Waals surface area (Å²) in [7, 11) is 0. The van der Waals surface area contributed by atoms with Gasteiger partial charge in [0.2, 0.25) is 0 Å². The van der Waals surface area contributed by atoms with Crippen LogP contribution in [-0.4, -0.2) is 13.1 Å². The highest BCUT2D eigenvalue weighted by atomic mass is 16.5. The van der Waals surface area contributed by atoms with Crippen molar-refractivity contribution < 1.29 is 9.47 Å². The molecule has 4 aromatic rings. The second-order valence-corrected chi connectivity index (χ2v) is 10.1. The third-order valence-corrected chi connectivity index (χ3v) is 7.73. The second kappa shape index (κ2) is 9.12. The summed E-state index contributed by atoms with van der Waals surface area (Å²) in [6, 6.07) is 30.6. The van der Waals surface area contributed by atoms with Crippen molar-refractivity contribution in [3.05, 3.63) is 118 Å². The molecular formula is C32H30N2O2. The molecule has 2 atom stereocenters. The molecule has 4 aliphatic heterocycles. The first-order valence-corrected chi connectivity index (χ1v) is 13.0. The Kier molecular flexibility index (Phi) is 5.49. The van der Waals surface area contributed by atoms with E-state index in [0.717, 1.165) is 61.8 Å². The van der Waals surface area contributed by atoms with Gasteiger partial charge in [0.1, 0.15) is 23.0 Å². The maximum atomic E-state index is 6.50. The molecule has 36 heavy (non-hydrogen) atoms. The molecule has 0 aromatic heterocycles. The first kappa shape index (κ1) is 21.7. The van der Waals surface area contributed by atoms with Crippen LogP contribution in [0.2, 0.25) is 0 Å². The largest absolute Gasteiger partial charge is 0.457 e. The van der Waals surface area contributed by atoms with Crippen LogP contribution in [0.4, 0.5) is 0 Å². The molecule has 8 rings (SSSR count). The molecule has 4 aromatic carbocycles. The number of nitrogens with one attached hydrogen (secondary N) is 2. The van der Waals surface area contributed by atoms with Crippen LogP contribution in [0.15, 0.2) is 84.9 Å². The van der Waals surface area contributed by atoms with Gasteiger partial charge in [0, 0.05) is 17.6 Å². The Hall–Kier alpha value is -3.60. The van der Waals surface area contributed by atoms with Crippen LogP contribution in [-0.2, 0) is 25.7 Å². The molecule has 0 spiro atoms. The Morgan fingerprint density at radius 3 is 2.25 bits per heavy atom. The van der Waals surface area contributed by atoms with Gasteiger partial charge < -0.3 is 20.1 Å². The van der Waals surface area contributed by atoms with E-state index < -0.39 is 0 Å². The van der Waals surface area contributed by atoms with Crippen LogP contribution in [0.1, 0.15) is 45.5 Å². The van der Waals surface area contributed by atoms with Crippen molar-refractivity contribution in [1.29, 1.82) is 0 Å². The lowest BCUT2D eigenvalue weighted by Gasteiger charge is -2.29. The summed E-state index contributed by atoms with van der Waals surface area (Å²) >= 11 is 0. The maximum Gasteiger partial charge on any atom is 0.132 e. The normalized spacial score (nSPS) is 20.3. The average molecular weight is 475 g/mol. The summed E-state index contributed by atoms with van der Waals surface area (Å²) in [5, 5.41) is 7.47. The Labute approximate surface area is 212 Å². The highest BCUT2D eigenvalue weighted by Crippen LogP contribution is 2.38. The monoisotopic (exact) mass is 474 g/mol. The van der Waals surface area contributed by atoms with Crippen molar-refractivity contribution in [3.63, 3.8) is 0 Å². The third kappa shape index (κ3) is 4.17. The Morgan fingerprint density at radius 1 is 0.583 bits per heavy atom.